The van der Waals surface area contributed by atoms with Gasteiger partial charge in [0, 0.05) is 29.4 Å². The highest BCUT2D eigenvalue weighted by Crippen LogP contribution is 2.26. The minimum absolute atomic E-state index is 0.0949. The number of unbranched alkanes of at least 4 members (excludes halogenated alkanes) is 1. The number of hydrogen-bond acceptors (Lipinski definition) is 6. The van der Waals surface area contributed by atoms with Crippen molar-refractivity contribution in [2.45, 2.75) is 57.5 Å². The highest BCUT2D eigenvalue weighted by Gasteiger charge is 2.26. The third kappa shape index (κ3) is 7.22. The Morgan fingerprint density at radius 3 is 2.58 bits per heavy atom. The second kappa shape index (κ2) is 10.6. The summed E-state index contributed by atoms with van der Waals surface area (Å²) in [7, 11) is -2.51. The lowest BCUT2D eigenvalue weighted by molar-refractivity contribution is 0.0950. The van der Waals surface area contributed by atoms with Gasteiger partial charge >= 0.3 is 0 Å². The minimum Gasteiger partial charge on any atom is -0.495 e. The van der Waals surface area contributed by atoms with Crippen molar-refractivity contribution in [3.8, 4) is 11.6 Å². The van der Waals surface area contributed by atoms with Crippen molar-refractivity contribution >= 4 is 15.9 Å². The van der Waals surface area contributed by atoms with Crippen LogP contribution in [0.15, 0.2) is 41.4 Å². The van der Waals surface area contributed by atoms with Crippen LogP contribution < -0.4 is 19.5 Å². The number of amides is 1. The molecule has 1 heterocycles. The van der Waals surface area contributed by atoms with Gasteiger partial charge in [0.1, 0.15) is 10.6 Å². The van der Waals surface area contributed by atoms with Gasteiger partial charge in [0.2, 0.25) is 15.9 Å². The van der Waals surface area contributed by atoms with Gasteiger partial charge in [0.05, 0.1) is 13.7 Å². The van der Waals surface area contributed by atoms with Crippen LogP contribution >= 0.6 is 0 Å². The molecule has 1 aromatic heterocycles. The lowest BCUT2D eigenvalue weighted by Gasteiger charge is -2.21. The van der Waals surface area contributed by atoms with E-state index in [0.717, 1.165) is 18.4 Å². The summed E-state index contributed by atoms with van der Waals surface area (Å²) >= 11 is 0. The summed E-state index contributed by atoms with van der Waals surface area (Å²) in [4.78, 5) is 16.9. The average molecular weight is 450 g/mol. The number of benzene rings is 1. The maximum Gasteiger partial charge on any atom is 0.251 e. The number of nitrogens with one attached hydrogen (secondary N) is 2. The minimum atomic E-state index is -3.89. The van der Waals surface area contributed by atoms with Crippen molar-refractivity contribution in [1.82, 2.24) is 15.0 Å². The van der Waals surface area contributed by atoms with Crippen LogP contribution in [0.4, 0.5) is 0 Å². The Kier molecular flexibility index (Phi) is 8.41. The van der Waals surface area contributed by atoms with E-state index in [1.807, 2.05) is 6.07 Å². The summed E-state index contributed by atoms with van der Waals surface area (Å²) in [6.07, 6.45) is 3.55. The number of methoxy groups -OCH3 is 1. The van der Waals surface area contributed by atoms with E-state index in [1.54, 1.807) is 33.0 Å². The molecular formula is C22H31N3O5S. The molecule has 0 bridgehead atoms. The van der Waals surface area contributed by atoms with Gasteiger partial charge in [0.25, 0.3) is 5.91 Å². The Balaban J connectivity index is 2.20. The van der Waals surface area contributed by atoms with Gasteiger partial charge in [-0.2, -0.15) is 0 Å². The second-order valence-corrected chi connectivity index (χ2v) is 9.72. The van der Waals surface area contributed by atoms with Crippen LogP contribution in [0.3, 0.4) is 0 Å². The molecule has 9 heteroatoms. The number of ether oxygens (including phenoxy) is 2. The van der Waals surface area contributed by atoms with E-state index in [-0.39, 0.29) is 22.8 Å². The van der Waals surface area contributed by atoms with Crippen LogP contribution in [0.5, 0.6) is 11.6 Å². The van der Waals surface area contributed by atoms with E-state index in [1.165, 1.54) is 25.3 Å². The molecule has 0 unspecified atom stereocenters. The first-order chi connectivity index (χ1) is 14.6. The third-order valence-corrected chi connectivity index (χ3v) is 5.96. The molecule has 0 aliphatic rings. The molecule has 0 radical (unpaired) electrons. The molecule has 8 nitrogen and oxygen atoms in total. The summed E-state index contributed by atoms with van der Waals surface area (Å²) in [5.74, 6) is 0.217. The predicted molar refractivity (Wildman–Crippen MR) is 119 cm³/mol. The van der Waals surface area contributed by atoms with Crippen LogP contribution in [0.25, 0.3) is 0 Å². The summed E-state index contributed by atoms with van der Waals surface area (Å²) < 4.78 is 39.1. The summed E-state index contributed by atoms with van der Waals surface area (Å²) in [5, 5.41) is 2.80. The van der Waals surface area contributed by atoms with Crippen LogP contribution in [-0.2, 0) is 16.6 Å². The molecule has 170 valence electrons. The van der Waals surface area contributed by atoms with Gasteiger partial charge in [-0.25, -0.2) is 18.1 Å². The average Bonchev–Trinajstić information content (AvgIpc) is 2.70. The van der Waals surface area contributed by atoms with E-state index in [9.17, 15) is 13.2 Å². The standard InChI is InChI=1S/C22H31N3O5S/c1-6-7-13-30-21-17(9-8-12-23-21)15-24-20(26)16-10-11-18(29-5)19(14-16)31(27,28)25-22(2,3)4/h8-12,14,25H,6-7,13,15H2,1-5H3,(H,24,26). The Labute approximate surface area is 184 Å². The Morgan fingerprint density at radius 2 is 1.94 bits per heavy atom. The van der Waals surface area contributed by atoms with Gasteiger partial charge in [-0.1, -0.05) is 19.4 Å². The van der Waals surface area contributed by atoms with Crippen molar-refractivity contribution in [1.29, 1.82) is 0 Å². The number of rotatable bonds is 10. The zero-order valence-corrected chi connectivity index (χ0v) is 19.5. The summed E-state index contributed by atoms with van der Waals surface area (Å²) in [6, 6.07) is 7.89. The number of carbonyl (C=O) groups is 1. The van der Waals surface area contributed by atoms with Gasteiger partial charge in [-0.3, -0.25) is 4.79 Å². The molecule has 2 rings (SSSR count). The Morgan fingerprint density at radius 1 is 1.19 bits per heavy atom. The molecule has 0 aliphatic heterocycles. The van der Waals surface area contributed by atoms with Crippen LogP contribution in [0.1, 0.15) is 56.5 Å². The summed E-state index contributed by atoms with van der Waals surface area (Å²) in [5.41, 5.74) is 0.256. The van der Waals surface area contributed by atoms with E-state index >= 15 is 0 Å². The first-order valence-electron chi connectivity index (χ1n) is 10.1. The van der Waals surface area contributed by atoms with Gasteiger partial charge in [0.15, 0.2) is 0 Å². The monoisotopic (exact) mass is 449 g/mol. The van der Waals surface area contributed by atoms with E-state index < -0.39 is 21.5 Å². The molecule has 0 aliphatic carbocycles. The summed E-state index contributed by atoms with van der Waals surface area (Å²) in [6.45, 7) is 8.03. The molecule has 0 atom stereocenters. The zero-order chi connectivity index (χ0) is 23.1. The zero-order valence-electron chi connectivity index (χ0n) is 18.7. The molecule has 1 aromatic carbocycles. The molecule has 31 heavy (non-hydrogen) atoms. The fraction of sp³-hybridized carbons (Fsp3) is 0.455. The van der Waals surface area contributed by atoms with Gasteiger partial charge in [-0.05, 0) is 51.5 Å². The largest absolute Gasteiger partial charge is 0.495 e. The topological polar surface area (TPSA) is 107 Å². The number of nitrogens with zero attached hydrogens (tertiary/aromatic N) is 1. The van der Waals surface area contributed by atoms with Crippen molar-refractivity contribution < 1.29 is 22.7 Å². The predicted octanol–water partition coefficient (Wildman–Crippen LogP) is 3.28. The number of carbonyl (C=O) groups excluding carboxylic acids is 1. The fourth-order valence-electron chi connectivity index (χ4n) is 2.77. The molecule has 0 saturated heterocycles. The quantitative estimate of drug-likeness (QED) is 0.539. The SMILES string of the molecule is CCCCOc1ncccc1CNC(=O)c1ccc(OC)c(S(=O)(=O)NC(C)(C)C)c1. The highest BCUT2D eigenvalue weighted by atomic mass is 32.2. The maximum absolute atomic E-state index is 12.8. The number of aromatic nitrogens is 1. The van der Waals surface area contributed by atoms with Crippen molar-refractivity contribution in [2.24, 2.45) is 0 Å². The molecule has 0 spiro atoms. The fourth-order valence-corrected chi connectivity index (χ4v) is 4.38. The van der Waals surface area contributed by atoms with Gasteiger partial charge < -0.3 is 14.8 Å². The third-order valence-electron chi connectivity index (χ3n) is 4.18. The van der Waals surface area contributed by atoms with E-state index in [2.05, 4.69) is 21.9 Å². The van der Waals surface area contributed by atoms with Crippen molar-refractivity contribution in [3.05, 3.63) is 47.7 Å². The maximum atomic E-state index is 12.8. The first kappa shape index (κ1) is 24.6. The lowest BCUT2D eigenvalue weighted by atomic mass is 10.1. The molecule has 0 saturated carbocycles. The number of sulfonamides is 1. The highest BCUT2D eigenvalue weighted by molar-refractivity contribution is 7.89. The molecule has 0 fully saturated rings. The smallest absolute Gasteiger partial charge is 0.251 e. The molecule has 2 N–H and O–H groups in total. The number of hydrogen-bond donors (Lipinski definition) is 2. The molecule has 1 amide bonds. The lowest BCUT2D eigenvalue weighted by Crippen LogP contribution is -2.40. The number of pyridine rings is 1. The van der Waals surface area contributed by atoms with Crippen molar-refractivity contribution in [3.63, 3.8) is 0 Å². The van der Waals surface area contributed by atoms with Crippen LogP contribution in [0.2, 0.25) is 0 Å². The second-order valence-electron chi connectivity index (χ2n) is 8.07. The van der Waals surface area contributed by atoms with E-state index in [0.29, 0.717) is 12.5 Å². The Hall–Kier alpha value is -2.65. The molecule has 2 aromatic rings. The van der Waals surface area contributed by atoms with Crippen LogP contribution in [0, 0.1) is 0 Å². The van der Waals surface area contributed by atoms with E-state index in [4.69, 9.17) is 9.47 Å². The van der Waals surface area contributed by atoms with Crippen LogP contribution in [-0.4, -0.2) is 38.6 Å². The Bertz CT molecular complexity index is 1000. The van der Waals surface area contributed by atoms with Gasteiger partial charge in [-0.15, -0.1) is 0 Å². The first-order valence-corrected chi connectivity index (χ1v) is 11.6. The van der Waals surface area contributed by atoms with Crippen molar-refractivity contribution in [2.75, 3.05) is 13.7 Å². The normalized spacial score (nSPS) is 11.8. The molecular weight excluding hydrogens is 418 g/mol.